The number of carbonyl (C=O) groups excluding carboxylic acids is 3. The van der Waals surface area contributed by atoms with Crippen LogP contribution in [0.3, 0.4) is 0 Å². The summed E-state index contributed by atoms with van der Waals surface area (Å²) in [5.41, 5.74) is 0. The normalized spacial score (nSPS) is 15.0. The first-order valence-corrected chi connectivity index (χ1v) is 44.4. The predicted molar refractivity (Wildman–Crippen MR) is 454 cm³/mol. The van der Waals surface area contributed by atoms with E-state index in [1.807, 2.05) is 0 Å². The van der Waals surface area contributed by atoms with Gasteiger partial charge in [0, 0.05) is 19.3 Å². The van der Waals surface area contributed by atoms with Crippen LogP contribution in [0, 0.1) is 0 Å². The van der Waals surface area contributed by atoms with Crippen LogP contribution in [-0.2, 0) is 55.8 Å². The number of unbranched alkanes of at least 4 members (excludes halogenated alkanes) is 19. The van der Waals surface area contributed by atoms with Crippen molar-refractivity contribution < 1.29 is 75.8 Å². The van der Waals surface area contributed by atoms with Crippen LogP contribution in [0.4, 0.5) is 0 Å². The molecule has 0 aromatic heterocycles. The highest BCUT2D eigenvalue weighted by molar-refractivity contribution is 7.47. The number of rotatable bonds is 76. The van der Waals surface area contributed by atoms with Gasteiger partial charge in [-0.3, -0.25) is 32.5 Å². The maximum absolute atomic E-state index is 13.0. The SMILES string of the molecule is CC/C=C\C/C=C\C/C=C\C/C=C\C/C=C\C/C=C\CCCCCCC(=O)OCC(COP(=O)(O)OCC(O)COP(=O)(O)OCC(O)COC(=O)CCCCCCCCCCCCC/C=C\C/C=C\C/C=C\C/C=C\C/C=C\CC)OC(=O)CCCCCC/C=C\C/C=C\C/C=C\C/C=C\C/C=C\C/C=C\CC. The molecule has 0 saturated heterocycles. The van der Waals surface area contributed by atoms with Crippen LogP contribution in [0.25, 0.3) is 0 Å². The molecule has 0 heterocycles. The van der Waals surface area contributed by atoms with E-state index >= 15 is 0 Å². The number of carbonyl (C=O) groups is 3. The zero-order chi connectivity index (χ0) is 79.4. The summed E-state index contributed by atoms with van der Waals surface area (Å²) in [7, 11) is -9.83. The number of allylic oxidation sites excluding steroid dienone is 34. The Morgan fingerprint density at radius 3 is 0.725 bits per heavy atom. The molecule has 0 bridgehead atoms. The molecular formula is C91H146O16P2. The van der Waals surface area contributed by atoms with Crippen molar-refractivity contribution in [3.8, 4) is 0 Å². The molecule has 16 nitrogen and oxygen atoms in total. The Bertz CT molecular complexity index is 2810. The standard InChI is InChI=1S/C91H146O16P2/c1-4-7-10-13-16-19-22-25-28-31-34-37-40-41-42-43-46-48-50-53-56-59-62-65-68-71-74-77-89(94)101-80-86(92)81-103-108(97,98)104-82-87(93)83-105-109(99,100)106-85-88(107-91(96)79-76-73-70-67-64-61-58-55-52-49-45-39-36-33-30-27-24-21-18-15-12-9-6-3)84-102-90(95)78-75-72-69-66-63-60-57-54-51-47-44-38-35-32-29-26-23-20-17-14-11-8-5-2/h7-12,16-21,25-30,34-39,41-42,47,49,51-52,57-58,60-61,86-88,92-93H,4-6,13-15,22-24,31-33,40,43-46,48,50,53-56,59,62-85H2,1-3H3,(H,97,98)(H,99,100)/b10-7-,11-8-,12-9-,19-16-,20-17-,21-18-,28-25-,29-26-,30-27-,37-34-,38-35-,39-36-,42-41-,51-47-,52-49-,60-57-,61-58-. The van der Waals surface area contributed by atoms with Gasteiger partial charge in [0.2, 0.25) is 0 Å². The number of aliphatic hydroxyl groups excluding tert-OH is 2. The molecule has 5 atom stereocenters. The molecule has 18 heteroatoms. The maximum atomic E-state index is 13.0. The van der Waals surface area contributed by atoms with Crippen molar-refractivity contribution in [1.29, 1.82) is 0 Å². The zero-order valence-electron chi connectivity index (χ0n) is 67.4. The lowest BCUT2D eigenvalue weighted by Crippen LogP contribution is -2.30. The number of phosphoric ester groups is 2. The van der Waals surface area contributed by atoms with E-state index in [0.29, 0.717) is 19.3 Å². The van der Waals surface area contributed by atoms with Gasteiger partial charge in [0.1, 0.15) is 25.4 Å². The highest BCUT2D eigenvalue weighted by Gasteiger charge is 2.29. The van der Waals surface area contributed by atoms with Gasteiger partial charge < -0.3 is 34.2 Å². The minimum Gasteiger partial charge on any atom is -0.463 e. The van der Waals surface area contributed by atoms with Gasteiger partial charge >= 0.3 is 33.6 Å². The van der Waals surface area contributed by atoms with Gasteiger partial charge in [-0.05, 0) is 167 Å². The number of ether oxygens (including phenoxy) is 3. The first kappa shape index (κ1) is 103. The molecule has 0 radical (unpaired) electrons. The number of hydrogen-bond donors (Lipinski definition) is 4. The summed E-state index contributed by atoms with van der Waals surface area (Å²) in [6.45, 7) is 2.26. The van der Waals surface area contributed by atoms with Crippen LogP contribution >= 0.6 is 15.6 Å². The van der Waals surface area contributed by atoms with E-state index in [4.69, 9.17) is 32.3 Å². The van der Waals surface area contributed by atoms with Gasteiger partial charge in [-0.15, -0.1) is 0 Å². The minimum atomic E-state index is -4.96. The zero-order valence-corrected chi connectivity index (χ0v) is 69.2. The van der Waals surface area contributed by atoms with Crippen molar-refractivity contribution in [2.24, 2.45) is 0 Å². The second-order valence-corrected chi connectivity index (χ2v) is 29.7. The van der Waals surface area contributed by atoms with Crippen molar-refractivity contribution >= 4 is 33.6 Å². The molecule has 5 unspecified atom stereocenters. The summed E-state index contributed by atoms with van der Waals surface area (Å²) in [6, 6.07) is 0. The number of aliphatic hydroxyl groups is 2. The van der Waals surface area contributed by atoms with E-state index in [1.165, 1.54) is 38.5 Å². The number of esters is 3. The fraction of sp³-hybridized carbons (Fsp3) is 0.593. The Labute approximate surface area is 660 Å². The van der Waals surface area contributed by atoms with Gasteiger partial charge in [0.15, 0.2) is 6.10 Å². The lowest BCUT2D eigenvalue weighted by Gasteiger charge is -2.21. The quantitative estimate of drug-likeness (QED) is 0.0146. The van der Waals surface area contributed by atoms with Gasteiger partial charge in [0.05, 0.1) is 26.4 Å². The average Bonchev–Trinajstić information content (AvgIpc) is 0.919. The predicted octanol–water partition coefficient (Wildman–Crippen LogP) is 24.9. The number of phosphoric acid groups is 2. The van der Waals surface area contributed by atoms with Gasteiger partial charge in [-0.1, -0.05) is 311 Å². The van der Waals surface area contributed by atoms with Crippen LogP contribution in [0.5, 0.6) is 0 Å². The lowest BCUT2D eigenvalue weighted by atomic mass is 10.0. The summed E-state index contributed by atoms with van der Waals surface area (Å²) in [5, 5.41) is 20.7. The Balaban J connectivity index is 4.75. The Morgan fingerprint density at radius 1 is 0.257 bits per heavy atom. The van der Waals surface area contributed by atoms with E-state index in [2.05, 4.69) is 227 Å². The van der Waals surface area contributed by atoms with Crippen LogP contribution in [0.2, 0.25) is 0 Å². The van der Waals surface area contributed by atoms with Gasteiger partial charge in [0.25, 0.3) is 0 Å². The molecule has 109 heavy (non-hydrogen) atoms. The first-order valence-electron chi connectivity index (χ1n) is 41.4. The third kappa shape index (κ3) is 82.9. The molecule has 0 aromatic rings. The second-order valence-electron chi connectivity index (χ2n) is 26.8. The highest BCUT2D eigenvalue weighted by Crippen LogP contribution is 2.45. The molecule has 0 aliphatic heterocycles. The fourth-order valence-corrected chi connectivity index (χ4v) is 11.9. The maximum Gasteiger partial charge on any atom is 0.472 e. The minimum absolute atomic E-state index is 0.0592. The van der Waals surface area contributed by atoms with Crippen molar-refractivity contribution in [2.75, 3.05) is 39.6 Å². The van der Waals surface area contributed by atoms with Crippen LogP contribution in [0.1, 0.15) is 290 Å². The summed E-state index contributed by atoms with van der Waals surface area (Å²) in [6.07, 6.45) is 109. The third-order valence-electron chi connectivity index (χ3n) is 16.5. The molecule has 616 valence electrons. The van der Waals surface area contributed by atoms with Crippen molar-refractivity contribution in [1.82, 2.24) is 0 Å². The van der Waals surface area contributed by atoms with E-state index in [9.17, 15) is 43.5 Å². The monoisotopic (exact) mass is 1560 g/mol. The molecule has 4 N–H and O–H groups in total. The summed E-state index contributed by atoms with van der Waals surface area (Å²) in [4.78, 5) is 58.8. The first-order chi connectivity index (χ1) is 53.2. The molecule has 0 saturated carbocycles. The molecule has 0 amide bonds. The summed E-state index contributed by atoms with van der Waals surface area (Å²) in [5.74, 6) is -1.65. The topological polar surface area (TPSA) is 231 Å². The smallest absolute Gasteiger partial charge is 0.463 e. The summed E-state index contributed by atoms with van der Waals surface area (Å²) < 4.78 is 61.3. The molecule has 0 fully saturated rings. The van der Waals surface area contributed by atoms with Crippen molar-refractivity contribution in [2.45, 2.75) is 309 Å². The Kier molecular flexibility index (Phi) is 77.2. The molecule has 0 rings (SSSR count). The molecule has 0 aromatic carbocycles. The Morgan fingerprint density at radius 2 is 0.459 bits per heavy atom. The fourth-order valence-electron chi connectivity index (χ4n) is 10.3. The van der Waals surface area contributed by atoms with Crippen LogP contribution in [0.15, 0.2) is 207 Å². The van der Waals surface area contributed by atoms with Crippen LogP contribution < -0.4 is 0 Å². The lowest BCUT2D eigenvalue weighted by molar-refractivity contribution is -0.161. The molecule has 0 aliphatic rings. The molecule has 0 spiro atoms. The third-order valence-corrected chi connectivity index (χ3v) is 18.4. The van der Waals surface area contributed by atoms with E-state index in [1.54, 1.807) is 0 Å². The average molecular weight is 1560 g/mol. The van der Waals surface area contributed by atoms with Crippen molar-refractivity contribution in [3.05, 3.63) is 207 Å². The van der Waals surface area contributed by atoms with Crippen LogP contribution in [-0.4, -0.2) is 95.9 Å². The van der Waals surface area contributed by atoms with Gasteiger partial charge in [-0.2, -0.15) is 0 Å². The molecular weight excluding hydrogens is 1410 g/mol. The number of hydrogen-bond acceptors (Lipinski definition) is 14. The summed E-state index contributed by atoms with van der Waals surface area (Å²) >= 11 is 0. The van der Waals surface area contributed by atoms with E-state index in [0.717, 1.165) is 193 Å². The largest absolute Gasteiger partial charge is 0.472 e. The van der Waals surface area contributed by atoms with E-state index in [-0.39, 0.29) is 19.3 Å². The molecule has 0 aliphatic carbocycles. The second kappa shape index (κ2) is 81.6. The highest BCUT2D eigenvalue weighted by atomic mass is 31.2. The Hall–Kier alpha value is -5.87. The van der Waals surface area contributed by atoms with Crippen molar-refractivity contribution in [3.63, 3.8) is 0 Å². The van der Waals surface area contributed by atoms with Gasteiger partial charge in [-0.25, -0.2) is 9.13 Å². The van der Waals surface area contributed by atoms with E-state index < -0.39 is 91.5 Å².